The minimum atomic E-state index is -0.713. The molecule has 0 atom stereocenters. The zero-order valence-corrected chi connectivity index (χ0v) is 13.0. The Labute approximate surface area is 129 Å². The van der Waals surface area contributed by atoms with Gasteiger partial charge >= 0.3 is 0 Å². The van der Waals surface area contributed by atoms with Crippen LogP contribution in [0.25, 0.3) is 22.4 Å². The van der Waals surface area contributed by atoms with Crippen LogP contribution in [0.15, 0.2) is 33.2 Å². The van der Waals surface area contributed by atoms with Gasteiger partial charge in [0.1, 0.15) is 17.2 Å². The fourth-order valence-electron chi connectivity index (χ4n) is 1.95. The van der Waals surface area contributed by atoms with Crippen LogP contribution in [-0.4, -0.2) is 9.97 Å². The van der Waals surface area contributed by atoms with Crippen LogP contribution in [0.4, 0.5) is 14.5 Å². The number of fused-ring (bicyclic) bond motifs is 1. The largest absolute Gasteiger partial charge is 0.397 e. The van der Waals surface area contributed by atoms with E-state index < -0.39 is 11.6 Å². The lowest BCUT2D eigenvalue weighted by molar-refractivity contribution is 0.591. The number of nitrogens with zero attached hydrogens (tertiary/aromatic N) is 1. The minimum absolute atomic E-state index is 0.0805. The third kappa shape index (κ3) is 2.20. The van der Waals surface area contributed by atoms with Gasteiger partial charge in [-0.05, 0) is 34.1 Å². The minimum Gasteiger partial charge on any atom is -0.397 e. The fourth-order valence-corrected chi connectivity index (χ4v) is 3.18. The summed E-state index contributed by atoms with van der Waals surface area (Å²) in [7, 11) is 0. The molecule has 1 heterocycles. The second-order valence-electron chi connectivity index (χ2n) is 4.22. The number of nitrogen functional groups attached to an aromatic ring is 1. The van der Waals surface area contributed by atoms with E-state index in [4.69, 9.17) is 5.73 Å². The van der Waals surface area contributed by atoms with Gasteiger partial charge in [-0.15, -0.1) is 0 Å². The molecule has 0 radical (unpaired) electrons. The van der Waals surface area contributed by atoms with Crippen molar-refractivity contribution < 1.29 is 8.78 Å². The van der Waals surface area contributed by atoms with Crippen LogP contribution in [0.1, 0.15) is 0 Å². The van der Waals surface area contributed by atoms with Gasteiger partial charge in [0.2, 0.25) is 0 Å². The van der Waals surface area contributed by atoms with E-state index in [2.05, 4.69) is 41.8 Å². The lowest BCUT2D eigenvalue weighted by atomic mass is 10.2. The van der Waals surface area contributed by atoms with Crippen molar-refractivity contribution in [1.82, 2.24) is 9.97 Å². The molecule has 2 aromatic carbocycles. The van der Waals surface area contributed by atoms with E-state index in [1.165, 1.54) is 6.07 Å². The Hall–Kier alpha value is -1.47. The average Bonchev–Trinajstić information content (AvgIpc) is 2.77. The highest BCUT2D eigenvalue weighted by Gasteiger charge is 2.14. The molecule has 102 valence electrons. The highest BCUT2D eigenvalue weighted by atomic mass is 79.9. The molecule has 0 saturated carbocycles. The number of benzene rings is 2. The first kappa shape index (κ1) is 13.5. The molecule has 0 aliphatic carbocycles. The van der Waals surface area contributed by atoms with Gasteiger partial charge in [0.25, 0.3) is 0 Å². The molecular weight excluding hydrogens is 396 g/mol. The summed E-state index contributed by atoms with van der Waals surface area (Å²) >= 11 is 6.69. The van der Waals surface area contributed by atoms with Crippen molar-refractivity contribution in [3.05, 3.63) is 44.8 Å². The van der Waals surface area contributed by atoms with E-state index in [1.807, 2.05) is 0 Å². The molecule has 3 nitrogen and oxygen atoms in total. The summed E-state index contributed by atoms with van der Waals surface area (Å²) in [5.41, 5.74) is 7.41. The van der Waals surface area contributed by atoms with Crippen LogP contribution in [0.2, 0.25) is 0 Å². The number of hydrogen-bond acceptors (Lipinski definition) is 2. The molecule has 0 fully saturated rings. The van der Waals surface area contributed by atoms with Crippen LogP contribution in [-0.2, 0) is 0 Å². The second kappa shape index (κ2) is 4.82. The molecule has 3 rings (SSSR count). The number of aromatic amines is 1. The monoisotopic (exact) mass is 401 g/mol. The third-order valence-corrected chi connectivity index (χ3v) is 3.97. The van der Waals surface area contributed by atoms with Crippen molar-refractivity contribution in [2.45, 2.75) is 0 Å². The quantitative estimate of drug-likeness (QED) is 0.583. The number of aromatic nitrogens is 2. The lowest BCUT2D eigenvalue weighted by Crippen LogP contribution is -1.93. The molecule has 1 aromatic heterocycles. The first-order chi connectivity index (χ1) is 9.45. The van der Waals surface area contributed by atoms with Crippen LogP contribution in [0.5, 0.6) is 0 Å². The lowest BCUT2D eigenvalue weighted by Gasteiger charge is -2.05. The molecule has 0 unspecified atom stereocenters. The number of rotatable bonds is 1. The summed E-state index contributed by atoms with van der Waals surface area (Å²) in [4.78, 5) is 7.02. The molecule has 0 saturated heterocycles. The Balaban J connectivity index is 2.28. The normalized spacial score (nSPS) is 11.2. The van der Waals surface area contributed by atoms with Gasteiger partial charge in [0, 0.05) is 20.6 Å². The van der Waals surface area contributed by atoms with Crippen molar-refractivity contribution in [3.63, 3.8) is 0 Å². The molecular formula is C13H7Br2F2N3. The van der Waals surface area contributed by atoms with E-state index in [9.17, 15) is 8.78 Å². The maximum atomic E-state index is 13.7. The average molecular weight is 403 g/mol. The first-order valence-electron chi connectivity index (χ1n) is 5.55. The van der Waals surface area contributed by atoms with Gasteiger partial charge in [-0.3, -0.25) is 0 Å². The van der Waals surface area contributed by atoms with Gasteiger partial charge in [-0.1, -0.05) is 15.9 Å². The first-order valence-corrected chi connectivity index (χ1v) is 7.14. The molecule has 0 aliphatic rings. The molecule has 0 aliphatic heterocycles. The Kier molecular flexibility index (Phi) is 3.25. The predicted molar refractivity (Wildman–Crippen MR) is 81.3 cm³/mol. The molecule has 0 bridgehead atoms. The number of H-pyrrole nitrogens is 1. The molecule has 3 N–H and O–H groups in total. The smallest absolute Gasteiger partial charge is 0.153 e. The maximum absolute atomic E-state index is 13.7. The van der Waals surface area contributed by atoms with E-state index >= 15 is 0 Å². The topological polar surface area (TPSA) is 54.7 Å². The molecule has 0 spiro atoms. The number of nitrogens with one attached hydrogen (secondary N) is 1. The second-order valence-corrected chi connectivity index (χ2v) is 5.99. The third-order valence-electron chi connectivity index (χ3n) is 2.85. The standard InChI is InChI=1S/C13H7Br2F2N3/c14-5-1-7(11(18)8(15)2-5)13-19-10-4-6(16)3-9(17)12(10)20-13/h1-4H,18H2,(H,19,20). The molecule has 20 heavy (non-hydrogen) atoms. The van der Waals surface area contributed by atoms with Crippen molar-refractivity contribution in [2.24, 2.45) is 0 Å². The zero-order chi connectivity index (χ0) is 14.4. The Morgan fingerprint density at radius 2 is 1.85 bits per heavy atom. The van der Waals surface area contributed by atoms with Crippen LogP contribution >= 0.6 is 31.9 Å². The highest BCUT2D eigenvalue weighted by molar-refractivity contribution is 9.11. The summed E-state index contributed by atoms with van der Waals surface area (Å²) in [6.07, 6.45) is 0. The van der Waals surface area contributed by atoms with Crippen LogP contribution in [0, 0.1) is 11.6 Å². The fraction of sp³-hybridized carbons (Fsp3) is 0. The van der Waals surface area contributed by atoms with Crippen molar-refractivity contribution in [1.29, 1.82) is 0 Å². The van der Waals surface area contributed by atoms with Gasteiger partial charge in [0.05, 0.1) is 11.2 Å². The van der Waals surface area contributed by atoms with Crippen molar-refractivity contribution in [3.8, 4) is 11.4 Å². The summed E-state index contributed by atoms with van der Waals surface area (Å²) in [5.74, 6) is -0.993. The van der Waals surface area contributed by atoms with E-state index in [1.54, 1.807) is 12.1 Å². The van der Waals surface area contributed by atoms with Gasteiger partial charge in [0.15, 0.2) is 5.82 Å². The summed E-state index contributed by atoms with van der Waals surface area (Å²) in [6, 6.07) is 5.54. The van der Waals surface area contributed by atoms with Crippen LogP contribution in [0.3, 0.4) is 0 Å². The predicted octanol–water partition coefficient (Wildman–Crippen LogP) is 4.62. The number of halogens is 4. The molecule has 7 heteroatoms. The Morgan fingerprint density at radius 1 is 1.10 bits per heavy atom. The van der Waals surface area contributed by atoms with Crippen molar-refractivity contribution in [2.75, 3.05) is 5.73 Å². The van der Waals surface area contributed by atoms with Crippen LogP contribution < -0.4 is 5.73 Å². The van der Waals surface area contributed by atoms with Gasteiger partial charge in [-0.2, -0.15) is 0 Å². The Morgan fingerprint density at radius 3 is 2.60 bits per heavy atom. The highest BCUT2D eigenvalue weighted by Crippen LogP contribution is 2.35. The summed E-state index contributed by atoms with van der Waals surface area (Å²) < 4.78 is 28.3. The van der Waals surface area contributed by atoms with Crippen molar-refractivity contribution >= 4 is 48.6 Å². The summed E-state index contributed by atoms with van der Waals surface area (Å²) in [6.45, 7) is 0. The zero-order valence-electron chi connectivity index (χ0n) is 9.85. The maximum Gasteiger partial charge on any atom is 0.153 e. The Bertz CT molecular complexity index is 830. The number of imidazole rings is 1. The van der Waals surface area contributed by atoms with E-state index in [0.29, 0.717) is 21.5 Å². The SMILES string of the molecule is Nc1c(Br)cc(Br)cc1-c1nc2c(F)cc(F)cc2[nH]1. The number of nitrogens with two attached hydrogens (primary N) is 1. The molecule has 3 aromatic rings. The van der Waals surface area contributed by atoms with Gasteiger partial charge in [-0.25, -0.2) is 13.8 Å². The number of hydrogen-bond donors (Lipinski definition) is 2. The van der Waals surface area contributed by atoms with E-state index in [0.717, 1.165) is 10.5 Å². The summed E-state index contributed by atoms with van der Waals surface area (Å²) in [5, 5.41) is 0. The van der Waals surface area contributed by atoms with Gasteiger partial charge < -0.3 is 10.7 Å². The van der Waals surface area contributed by atoms with E-state index in [-0.39, 0.29) is 11.0 Å². The molecule has 0 amide bonds. The number of anilines is 1.